The molecule has 3 aromatic heterocycles. The van der Waals surface area contributed by atoms with E-state index in [1.54, 1.807) is 25.3 Å². The van der Waals surface area contributed by atoms with Gasteiger partial charge in [-0.1, -0.05) is 0 Å². The van der Waals surface area contributed by atoms with Crippen molar-refractivity contribution < 1.29 is 18.7 Å². The molecule has 2 amide bonds. The van der Waals surface area contributed by atoms with E-state index in [0.29, 0.717) is 46.5 Å². The topological polar surface area (TPSA) is 169 Å². The molecule has 0 spiro atoms. The summed E-state index contributed by atoms with van der Waals surface area (Å²) in [6, 6.07) is 8.96. The Morgan fingerprint density at radius 2 is 1.86 bits per heavy atom. The fraction of sp³-hybridized carbons (Fsp3) is 0.276. The van der Waals surface area contributed by atoms with Crippen molar-refractivity contribution in [3.8, 4) is 17.2 Å². The number of ether oxygens (including phenoxy) is 1. The van der Waals surface area contributed by atoms with Gasteiger partial charge in [-0.3, -0.25) is 14.4 Å². The molecule has 0 saturated heterocycles. The number of fused-ring (bicyclic) bond motifs is 2. The van der Waals surface area contributed by atoms with Crippen LogP contribution in [-0.2, 0) is 24.1 Å². The Bertz CT molecular complexity index is 1960. The number of hydrogen-bond donors (Lipinski definition) is 3. The highest BCUT2D eigenvalue weighted by molar-refractivity contribution is 9.10. The first-order chi connectivity index (χ1) is 20.7. The summed E-state index contributed by atoms with van der Waals surface area (Å²) in [6.07, 6.45) is 2.74. The number of nitrogens with one attached hydrogen (secondary N) is 3. The van der Waals surface area contributed by atoms with Gasteiger partial charge in [0, 0.05) is 39.9 Å². The summed E-state index contributed by atoms with van der Waals surface area (Å²) in [6.45, 7) is 3.64. The Morgan fingerprint density at radius 1 is 1.09 bits per heavy atom. The number of aryl methyl sites for hydroxylation is 4. The zero-order valence-electron chi connectivity index (χ0n) is 23.6. The van der Waals surface area contributed by atoms with Crippen LogP contribution in [-0.4, -0.2) is 48.7 Å². The SMILES string of the molecule is COc1ccc(Br)c(-c2nnc(CCC(=O)Nc3cc(C)c(NC(=O)c4nc5[nH]c6c(c(=O)n5n4)CCC6)cc3C)o2)c1. The van der Waals surface area contributed by atoms with Gasteiger partial charge in [-0.25, -0.2) is 0 Å². The third-order valence-electron chi connectivity index (χ3n) is 7.27. The molecule has 0 bridgehead atoms. The molecule has 0 aliphatic heterocycles. The Kier molecular flexibility index (Phi) is 7.52. The zero-order valence-corrected chi connectivity index (χ0v) is 25.2. The number of methoxy groups -OCH3 is 1. The van der Waals surface area contributed by atoms with Crippen LogP contribution in [0.3, 0.4) is 0 Å². The molecular formula is C29H27BrN8O5. The molecule has 2 aromatic carbocycles. The molecule has 43 heavy (non-hydrogen) atoms. The van der Waals surface area contributed by atoms with Crippen LogP contribution < -0.4 is 20.9 Å². The highest BCUT2D eigenvalue weighted by Crippen LogP contribution is 2.31. The van der Waals surface area contributed by atoms with Crippen molar-refractivity contribution in [1.82, 2.24) is 29.8 Å². The summed E-state index contributed by atoms with van der Waals surface area (Å²) >= 11 is 3.48. The minimum atomic E-state index is -0.546. The van der Waals surface area contributed by atoms with E-state index in [0.717, 1.165) is 38.7 Å². The van der Waals surface area contributed by atoms with E-state index >= 15 is 0 Å². The minimum absolute atomic E-state index is 0.116. The summed E-state index contributed by atoms with van der Waals surface area (Å²) < 4.78 is 13.0. The predicted molar refractivity (Wildman–Crippen MR) is 160 cm³/mol. The third-order valence-corrected chi connectivity index (χ3v) is 7.96. The van der Waals surface area contributed by atoms with E-state index in [4.69, 9.17) is 9.15 Å². The van der Waals surface area contributed by atoms with Crippen LogP contribution >= 0.6 is 15.9 Å². The summed E-state index contributed by atoms with van der Waals surface area (Å²) in [4.78, 5) is 45.8. The van der Waals surface area contributed by atoms with E-state index in [-0.39, 0.29) is 35.9 Å². The van der Waals surface area contributed by atoms with Gasteiger partial charge in [0.2, 0.25) is 29.3 Å². The summed E-state index contributed by atoms with van der Waals surface area (Å²) in [5, 5.41) is 18.0. The Morgan fingerprint density at radius 3 is 2.63 bits per heavy atom. The number of carbonyl (C=O) groups excluding carboxylic acids is 2. The first-order valence-electron chi connectivity index (χ1n) is 13.6. The van der Waals surface area contributed by atoms with Gasteiger partial charge in [0.15, 0.2) is 0 Å². The maximum absolute atomic E-state index is 13.0. The normalized spacial score (nSPS) is 12.4. The lowest BCUT2D eigenvalue weighted by Gasteiger charge is -2.13. The van der Waals surface area contributed by atoms with Gasteiger partial charge in [-0.05, 0) is 90.5 Å². The minimum Gasteiger partial charge on any atom is -0.497 e. The molecule has 0 radical (unpaired) electrons. The monoisotopic (exact) mass is 646 g/mol. The smallest absolute Gasteiger partial charge is 0.295 e. The Labute approximate surface area is 253 Å². The molecular weight excluding hydrogens is 620 g/mol. The van der Waals surface area contributed by atoms with E-state index in [2.05, 4.69) is 51.8 Å². The van der Waals surface area contributed by atoms with Crippen LogP contribution in [0.15, 0.2) is 44.0 Å². The van der Waals surface area contributed by atoms with E-state index in [9.17, 15) is 14.4 Å². The number of aromatic nitrogens is 6. The summed E-state index contributed by atoms with van der Waals surface area (Å²) in [5.41, 5.74) is 4.60. The third kappa shape index (κ3) is 5.65. The average molecular weight is 647 g/mol. The molecule has 5 aromatic rings. The van der Waals surface area contributed by atoms with Crippen LogP contribution in [0.2, 0.25) is 0 Å². The zero-order chi connectivity index (χ0) is 30.2. The number of benzene rings is 2. The molecule has 0 atom stereocenters. The molecule has 3 heterocycles. The quantitative estimate of drug-likeness (QED) is 0.224. The first-order valence-corrected chi connectivity index (χ1v) is 14.4. The maximum Gasteiger partial charge on any atom is 0.295 e. The number of nitrogens with zero attached hydrogens (tertiary/aromatic N) is 5. The number of carbonyl (C=O) groups is 2. The van der Waals surface area contributed by atoms with E-state index < -0.39 is 5.91 Å². The first kappa shape index (κ1) is 28.3. The molecule has 220 valence electrons. The maximum atomic E-state index is 13.0. The van der Waals surface area contributed by atoms with Gasteiger partial charge < -0.3 is 24.8 Å². The van der Waals surface area contributed by atoms with E-state index in [1.165, 1.54) is 0 Å². The van der Waals surface area contributed by atoms with E-state index in [1.807, 2.05) is 26.0 Å². The van der Waals surface area contributed by atoms with Crippen molar-refractivity contribution in [2.75, 3.05) is 17.7 Å². The number of rotatable bonds is 8. The number of anilines is 2. The highest BCUT2D eigenvalue weighted by Gasteiger charge is 2.22. The van der Waals surface area contributed by atoms with Gasteiger partial charge in [-0.2, -0.15) is 9.50 Å². The number of hydrogen-bond acceptors (Lipinski definition) is 9. The van der Waals surface area contributed by atoms with Crippen molar-refractivity contribution in [2.45, 2.75) is 46.0 Å². The van der Waals surface area contributed by atoms with Crippen molar-refractivity contribution in [3.05, 3.63) is 79.3 Å². The second kappa shape index (κ2) is 11.4. The largest absolute Gasteiger partial charge is 0.497 e. The molecule has 0 saturated carbocycles. The number of aromatic amines is 1. The second-order valence-electron chi connectivity index (χ2n) is 10.2. The van der Waals surface area contributed by atoms with Crippen LogP contribution in [0.5, 0.6) is 5.75 Å². The van der Waals surface area contributed by atoms with Gasteiger partial charge in [0.1, 0.15) is 5.75 Å². The average Bonchev–Trinajstić information content (AvgIpc) is 3.75. The molecule has 6 rings (SSSR count). The summed E-state index contributed by atoms with van der Waals surface area (Å²) in [5.74, 6) is 0.653. The van der Waals surface area contributed by atoms with Crippen LogP contribution in [0.4, 0.5) is 11.4 Å². The predicted octanol–water partition coefficient (Wildman–Crippen LogP) is 4.17. The Hall–Kier alpha value is -4.85. The van der Waals surface area contributed by atoms with Crippen LogP contribution in [0.25, 0.3) is 17.2 Å². The standard InChI is InChI=1S/C29H27BrN8O5/c1-14-12-22(32-26(40)25-34-29-33-20-6-4-5-17(20)28(41)38(29)37-25)15(2)11-21(14)31-23(39)9-10-24-35-36-27(43-24)18-13-16(42-3)7-8-19(18)30/h7-8,11-13H,4-6,9-10H2,1-3H3,(H,31,39)(H,32,40)(H,33,34,37). The van der Waals surface area contributed by atoms with Crippen molar-refractivity contribution >= 4 is 44.9 Å². The molecule has 14 heteroatoms. The lowest BCUT2D eigenvalue weighted by Crippen LogP contribution is -2.21. The number of amides is 2. The van der Waals surface area contributed by atoms with Crippen molar-refractivity contribution in [1.29, 1.82) is 0 Å². The van der Waals surface area contributed by atoms with Gasteiger partial charge in [0.05, 0.1) is 12.7 Å². The van der Waals surface area contributed by atoms with Crippen molar-refractivity contribution in [3.63, 3.8) is 0 Å². The summed E-state index contributed by atoms with van der Waals surface area (Å²) in [7, 11) is 1.58. The lowest BCUT2D eigenvalue weighted by molar-refractivity contribution is -0.116. The fourth-order valence-corrected chi connectivity index (χ4v) is 5.38. The number of H-pyrrole nitrogens is 1. The highest BCUT2D eigenvalue weighted by atomic mass is 79.9. The molecule has 1 aliphatic carbocycles. The van der Waals surface area contributed by atoms with Gasteiger partial charge in [-0.15, -0.1) is 15.3 Å². The van der Waals surface area contributed by atoms with Crippen LogP contribution in [0.1, 0.15) is 51.7 Å². The second-order valence-corrected chi connectivity index (χ2v) is 11.1. The van der Waals surface area contributed by atoms with Crippen LogP contribution in [0, 0.1) is 13.8 Å². The fourth-order valence-electron chi connectivity index (χ4n) is 4.97. The van der Waals surface area contributed by atoms with Gasteiger partial charge >= 0.3 is 0 Å². The van der Waals surface area contributed by atoms with Gasteiger partial charge in [0.25, 0.3) is 11.5 Å². The molecule has 13 nitrogen and oxygen atoms in total. The van der Waals surface area contributed by atoms with Crippen molar-refractivity contribution in [2.24, 2.45) is 0 Å². The molecule has 0 unspecified atom stereocenters. The lowest BCUT2D eigenvalue weighted by atomic mass is 10.1. The molecule has 1 aliphatic rings. The number of halogens is 1. The molecule has 3 N–H and O–H groups in total. The Balaban J connectivity index is 1.09. The molecule has 0 fully saturated rings.